The molecule has 0 radical (unpaired) electrons. The number of H-pyrrole nitrogens is 1. The van der Waals surface area contributed by atoms with Crippen LogP contribution in [0.4, 0.5) is 0 Å². The van der Waals surface area contributed by atoms with Gasteiger partial charge in [0.15, 0.2) is 0 Å². The number of imidazole rings is 1. The highest BCUT2D eigenvalue weighted by Gasteiger charge is 2.48. The normalized spacial score (nSPS) is 18.6. The van der Waals surface area contributed by atoms with E-state index in [4.69, 9.17) is 4.74 Å². The monoisotopic (exact) mass is 488 g/mol. The molecule has 1 aromatic heterocycles. The maximum atomic E-state index is 13.4. The number of thioether (sulfide) groups is 1. The van der Waals surface area contributed by atoms with Gasteiger partial charge in [0.2, 0.25) is 10.0 Å². The standard InChI is InChI=1S/C22H24N4O5S2/c1-22(2)19(21(27)25-28)26(13-14-32-22)33(29,30)16-9-7-15(8-10-16)31-18-6-4-3-5-17(18)20-23-11-12-24-20/h3-12,19,28H,13-14H2,1-2H3,(H,23,24)(H,25,27)/t19-/m0/s1. The minimum Gasteiger partial charge on any atom is -0.457 e. The Balaban J connectivity index is 1.60. The second-order valence-electron chi connectivity index (χ2n) is 7.95. The van der Waals surface area contributed by atoms with Crippen molar-refractivity contribution in [3.8, 4) is 22.9 Å². The number of benzene rings is 2. The van der Waals surface area contributed by atoms with Gasteiger partial charge >= 0.3 is 0 Å². The maximum absolute atomic E-state index is 13.4. The highest BCUT2D eigenvalue weighted by molar-refractivity contribution is 8.00. The Labute approximate surface area is 196 Å². The lowest BCUT2D eigenvalue weighted by Gasteiger charge is -2.43. The van der Waals surface area contributed by atoms with E-state index in [1.165, 1.54) is 23.9 Å². The molecule has 9 nitrogen and oxygen atoms in total. The SMILES string of the molecule is CC1(C)SCCN(S(=O)(=O)c2ccc(Oc3ccccc3-c3ncc[nH]3)cc2)[C@H]1C(=O)NO. The number of para-hydroxylation sites is 1. The van der Waals surface area contributed by atoms with E-state index in [0.717, 1.165) is 9.87 Å². The summed E-state index contributed by atoms with van der Waals surface area (Å²) in [6, 6.07) is 12.4. The van der Waals surface area contributed by atoms with Crippen molar-refractivity contribution in [1.29, 1.82) is 0 Å². The van der Waals surface area contributed by atoms with Gasteiger partial charge in [-0.3, -0.25) is 10.0 Å². The summed E-state index contributed by atoms with van der Waals surface area (Å²) in [6.45, 7) is 3.72. The zero-order valence-electron chi connectivity index (χ0n) is 18.1. The largest absolute Gasteiger partial charge is 0.457 e. The number of rotatable bonds is 6. The predicted octanol–water partition coefficient (Wildman–Crippen LogP) is 3.26. The molecule has 0 aliphatic carbocycles. The smallest absolute Gasteiger partial charge is 0.263 e. The van der Waals surface area contributed by atoms with Crippen molar-refractivity contribution in [2.45, 2.75) is 29.5 Å². The number of hydrogen-bond donors (Lipinski definition) is 3. The number of aromatic amines is 1. The number of hydrogen-bond acceptors (Lipinski definition) is 7. The number of nitrogens with zero attached hydrogens (tertiary/aromatic N) is 2. The Morgan fingerprint density at radius 2 is 1.97 bits per heavy atom. The first-order chi connectivity index (χ1) is 15.7. The van der Waals surface area contributed by atoms with E-state index in [0.29, 0.717) is 23.1 Å². The predicted molar refractivity (Wildman–Crippen MR) is 125 cm³/mol. The van der Waals surface area contributed by atoms with Crippen molar-refractivity contribution in [3.63, 3.8) is 0 Å². The molecule has 1 saturated heterocycles. The summed E-state index contributed by atoms with van der Waals surface area (Å²) < 4.78 is 33.2. The van der Waals surface area contributed by atoms with Crippen LogP contribution in [-0.2, 0) is 14.8 Å². The van der Waals surface area contributed by atoms with Gasteiger partial charge in [0.25, 0.3) is 5.91 Å². The van der Waals surface area contributed by atoms with Crippen LogP contribution in [0.25, 0.3) is 11.4 Å². The fourth-order valence-corrected chi connectivity index (χ4v) is 6.93. The molecular weight excluding hydrogens is 464 g/mol. The minimum absolute atomic E-state index is 0.0348. The van der Waals surface area contributed by atoms with E-state index in [1.807, 2.05) is 18.2 Å². The molecule has 4 rings (SSSR count). The molecule has 1 atom stereocenters. The molecule has 0 spiro atoms. The van der Waals surface area contributed by atoms with Crippen LogP contribution < -0.4 is 10.2 Å². The van der Waals surface area contributed by atoms with Gasteiger partial charge in [0.1, 0.15) is 23.4 Å². The molecular formula is C22H24N4O5S2. The van der Waals surface area contributed by atoms with Gasteiger partial charge in [-0.1, -0.05) is 12.1 Å². The lowest BCUT2D eigenvalue weighted by atomic mass is 10.0. The van der Waals surface area contributed by atoms with Crippen LogP contribution >= 0.6 is 11.8 Å². The summed E-state index contributed by atoms with van der Waals surface area (Å²) in [4.78, 5) is 19.7. The molecule has 0 bridgehead atoms. The van der Waals surface area contributed by atoms with Crippen molar-refractivity contribution in [2.75, 3.05) is 12.3 Å². The Hall–Kier alpha value is -2.86. The maximum Gasteiger partial charge on any atom is 0.263 e. The Kier molecular flexibility index (Phi) is 6.48. The third-order valence-electron chi connectivity index (χ3n) is 5.39. The third-order valence-corrected chi connectivity index (χ3v) is 8.62. The second-order valence-corrected chi connectivity index (χ2v) is 11.6. The molecule has 33 heavy (non-hydrogen) atoms. The summed E-state index contributed by atoms with van der Waals surface area (Å²) in [5.74, 6) is 1.45. The number of carbonyl (C=O) groups is 1. The van der Waals surface area contributed by atoms with Gasteiger partial charge in [-0.05, 0) is 50.2 Å². The number of aromatic nitrogens is 2. The average Bonchev–Trinajstić information content (AvgIpc) is 3.33. The highest BCUT2D eigenvalue weighted by Crippen LogP contribution is 2.39. The molecule has 3 N–H and O–H groups in total. The third kappa shape index (κ3) is 4.62. The summed E-state index contributed by atoms with van der Waals surface area (Å²) in [5, 5.41) is 9.19. The lowest BCUT2D eigenvalue weighted by Crippen LogP contribution is -2.61. The first-order valence-corrected chi connectivity index (χ1v) is 12.6. The minimum atomic E-state index is -3.99. The zero-order chi connectivity index (χ0) is 23.6. The van der Waals surface area contributed by atoms with E-state index in [9.17, 15) is 18.4 Å². The molecule has 0 unspecified atom stereocenters. The van der Waals surface area contributed by atoms with Crippen molar-refractivity contribution in [3.05, 3.63) is 60.9 Å². The Morgan fingerprint density at radius 3 is 2.64 bits per heavy atom. The van der Waals surface area contributed by atoms with Crippen molar-refractivity contribution in [1.82, 2.24) is 19.8 Å². The van der Waals surface area contributed by atoms with E-state index in [2.05, 4.69) is 9.97 Å². The number of nitrogens with one attached hydrogen (secondary N) is 2. The molecule has 2 heterocycles. The first-order valence-electron chi connectivity index (χ1n) is 10.2. The second kappa shape index (κ2) is 9.18. The summed E-state index contributed by atoms with van der Waals surface area (Å²) in [6.07, 6.45) is 3.37. The van der Waals surface area contributed by atoms with Gasteiger partial charge in [-0.2, -0.15) is 16.1 Å². The van der Waals surface area contributed by atoms with Crippen LogP contribution in [0.2, 0.25) is 0 Å². The molecule has 1 aliphatic heterocycles. The van der Waals surface area contributed by atoms with E-state index in [-0.39, 0.29) is 11.4 Å². The van der Waals surface area contributed by atoms with Crippen LogP contribution in [0.3, 0.4) is 0 Å². The van der Waals surface area contributed by atoms with Crippen LogP contribution in [0.5, 0.6) is 11.5 Å². The Morgan fingerprint density at radius 1 is 1.24 bits per heavy atom. The summed E-state index contributed by atoms with van der Waals surface area (Å²) >= 11 is 1.49. The summed E-state index contributed by atoms with van der Waals surface area (Å²) in [5.41, 5.74) is 2.38. The molecule has 0 saturated carbocycles. The molecule has 1 aliphatic rings. The molecule has 3 aromatic rings. The van der Waals surface area contributed by atoms with Gasteiger partial charge in [0, 0.05) is 29.4 Å². The van der Waals surface area contributed by atoms with Crippen molar-refractivity contribution >= 4 is 27.7 Å². The van der Waals surface area contributed by atoms with Gasteiger partial charge < -0.3 is 9.72 Å². The van der Waals surface area contributed by atoms with E-state index >= 15 is 0 Å². The van der Waals surface area contributed by atoms with Crippen LogP contribution in [0.15, 0.2) is 65.8 Å². The topological polar surface area (TPSA) is 125 Å². The van der Waals surface area contributed by atoms with Crippen LogP contribution in [0.1, 0.15) is 13.8 Å². The molecule has 2 aromatic carbocycles. The lowest BCUT2D eigenvalue weighted by molar-refractivity contribution is -0.134. The van der Waals surface area contributed by atoms with Gasteiger partial charge in [-0.15, -0.1) is 0 Å². The quantitative estimate of drug-likeness (QED) is 0.359. The number of ether oxygens (including phenoxy) is 1. The number of hydroxylamine groups is 1. The summed E-state index contributed by atoms with van der Waals surface area (Å²) in [7, 11) is -3.99. The zero-order valence-corrected chi connectivity index (χ0v) is 19.7. The average molecular weight is 489 g/mol. The van der Waals surface area contributed by atoms with E-state index < -0.39 is 26.7 Å². The number of sulfonamides is 1. The van der Waals surface area contributed by atoms with Gasteiger partial charge in [0.05, 0.1) is 10.5 Å². The molecule has 11 heteroatoms. The fraction of sp³-hybridized carbons (Fsp3) is 0.273. The van der Waals surface area contributed by atoms with Gasteiger partial charge in [-0.25, -0.2) is 18.9 Å². The molecule has 1 fully saturated rings. The highest BCUT2D eigenvalue weighted by atomic mass is 32.2. The molecule has 174 valence electrons. The Bertz CT molecular complexity index is 1230. The van der Waals surface area contributed by atoms with Crippen LogP contribution in [0, 0.1) is 0 Å². The number of amides is 1. The van der Waals surface area contributed by atoms with E-state index in [1.54, 1.807) is 49.9 Å². The van der Waals surface area contributed by atoms with Crippen molar-refractivity contribution < 1.29 is 23.2 Å². The molecule has 1 amide bonds. The number of carbonyl (C=O) groups excluding carboxylic acids is 1. The first kappa shape index (κ1) is 23.3. The fourth-order valence-electron chi connectivity index (χ4n) is 3.83. The van der Waals surface area contributed by atoms with Crippen molar-refractivity contribution in [2.24, 2.45) is 0 Å². The van der Waals surface area contributed by atoms with Crippen LogP contribution in [-0.4, -0.2) is 56.9 Å².